The van der Waals surface area contributed by atoms with Crippen molar-refractivity contribution in [3.05, 3.63) is 0 Å². The molecule has 1 fully saturated rings. The summed E-state index contributed by atoms with van der Waals surface area (Å²) >= 11 is 0. The van der Waals surface area contributed by atoms with Crippen molar-refractivity contribution in [1.29, 1.82) is 0 Å². The molecule has 2 atom stereocenters. The van der Waals surface area contributed by atoms with E-state index < -0.39 is 42.3 Å². The smallest absolute Gasteiger partial charge is 0.252 e. The molecule has 0 bridgehead atoms. The van der Waals surface area contributed by atoms with Gasteiger partial charge in [-0.15, -0.1) is 0 Å². The standard InChI is InChI=1S/C17H28N4O5/c1-10(2)7-13-17(26)19(5)9-15(24)20(6)11(3)16(25)21(12(4)22)8-14(23)18-13/h10-11,13H,7-9H2,1-6H3,(H,18,23)/t11-,13+/m1/s1. The van der Waals surface area contributed by atoms with E-state index in [1.807, 2.05) is 13.8 Å². The molecule has 0 spiro atoms. The highest BCUT2D eigenvalue weighted by atomic mass is 16.2. The number of amides is 5. The molecule has 1 N–H and O–H groups in total. The molecule has 1 aliphatic heterocycles. The summed E-state index contributed by atoms with van der Waals surface area (Å²) in [5.74, 6) is -2.53. The number of likely N-dealkylation sites (N-methyl/N-ethyl adjacent to an activating group) is 2. The predicted molar refractivity (Wildman–Crippen MR) is 93.6 cm³/mol. The fourth-order valence-electron chi connectivity index (χ4n) is 2.69. The van der Waals surface area contributed by atoms with Crippen LogP contribution in [0.5, 0.6) is 0 Å². The third kappa shape index (κ3) is 5.27. The number of carbonyl (C=O) groups is 5. The van der Waals surface area contributed by atoms with E-state index in [0.717, 1.165) is 4.90 Å². The van der Waals surface area contributed by atoms with Gasteiger partial charge in [-0.2, -0.15) is 0 Å². The maximum absolute atomic E-state index is 12.6. The fourth-order valence-corrected chi connectivity index (χ4v) is 2.69. The van der Waals surface area contributed by atoms with Crippen LogP contribution in [-0.2, 0) is 24.0 Å². The van der Waals surface area contributed by atoms with E-state index in [1.54, 1.807) is 0 Å². The monoisotopic (exact) mass is 368 g/mol. The highest BCUT2D eigenvalue weighted by Crippen LogP contribution is 2.10. The largest absolute Gasteiger partial charge is 0.343 e. The lowest BCUT2D eigenvalue weighted by Crippen LogP contribution is -2.57. The summed E-state index contributed by atoms with van der Waals surface area (Å²) in [5, 5.41) is 2.59. The first-order valence-electron chi connectivity index (χ1n) is 8.57. The number of rotatable bonds is 2. The highest BCUT2D eigenvalue weighted by molar-refractivity contribution is 6.02. The number of carbonyl (C=O) groups excluding carboxylic acids is 5. The summed E-state index contributed by atoms with van der Waals surface area (Å²) in [6.45, 7) is 5.74. The van der Waals surface area contributed by atoms with Gasteiger partial charge in [0.15, 0.2) is 0 Å². The molecular weight excluding hydrogens is 340 g/mol. The van der Waals surface area contributed by atoms with Gasteiger partial charge in [0, 0.05) is 21.0 Å². The molecular formula is C17H28N4O5. The molecule has 0 aliphatic carbocycles. The predicted octanol–water partition coefficient (Wildman–Crippen LogP) is -0.789. The minimum Gasteiger partial charge on any atom is -0.343 e. The molecule has 0 aromatic heterocycles. The number of hydrogen-bond donors (Lipinski definition) is 1. The molecule has 1 rings (SSSR count). The lowest BCUT2D eigenvalue weighted by molar-refractivity contribution is -0.154. The molecule has 1 heterocycles. The highest BCUT2D eigenvalue weighted by Gasteiger charge is 2.34. The average Bonchev–Trinajstić information content (AvgIpc) is 2.54. The van der Waals surface area contributed by atoms with E-state index in [2.05, 4.69) is 5.32 Å². The van der Waals surface area contributed by atoms with Crippen LogP contribution in [0, 0.1) is 5.92 Å². The van der Waals surface area contributed by atoms with Gasteiger partial charge < -0.3 is 15.1 Å². The third-order valence-corrected chi connectivity index (χ3v) is 4.37. The summed E-state index contributed by atoms with van der Waals surface area (Å²) in [5.41, 5.74) is 0. The molecule has 9 heteroatoms. The minimum atomic E-state index is -0.936. The minimum absolute atomic E-state index is 0.120. The SMILES string of the molecule is CC(=O)N1CC(=O)N[C@@H](CC(C)C)C(=O)N(C)CC(=O)N(C)[C@H](C)C1=O. The fraction of sp³-hybridized carbons (Fsp3) is 0.706. The second kappa shape index (κ2) is 8.77. The second-order valence-corrected chi connectivity index (χ2v) is 7.07. The summed E-state index contributed by atoms with van der Waals surface area (Å²) in [6.07, 6.45) is 0.378. The van der Waals surface area contributed by atoms with E-state index >= 15 is 0 Å². The van der Waals surface area contributed by atoms with Gasteiger partial charge in [-0.25, -0.2) is 0 Å². The zero-order chi connectivity index (χ0) is 20.2. The summed E-state index contributed by atoms with van der Waals surface area (Å²) in [6, 6.07) is -1.76. The van der Waals surface area contributed by atoms with E-state index in [9.17, 15) is 24.0 Å². The van der Waals surface area contributed by atoms with Crippen molar-refractivity contribution >= 4 is 29.5 Å². The number of nitrogens with one attached hydrogen (secondary N) is 1. The molecule has 0 radical (unpaired) electrons. The quantitative estimate of drug-likeness (QED) is 0.687. The third-order valence-electron chi connectivity index (χ3n) is 4.37. The van der Waals surface area contributed by atoms with Crippen LogP contribution in [0.1, 0.15) is 34.1 Å². The lowest BCUT2D eigenvalue weighted by atomic mass is 10.0. The zero-order valence-electron chi connectivity index (χ0n) is 16.2. The van der Waals surface area contributed by atoms with Crippen LogP contribution in [0.25, 0.3) is 0 Å². The molecule has 0 unspecified atom stereocenters. The van der Waals surface area contributed by atoms with Crippen LogP contribution in [0.3, 0.4) is 0 Å². The van der Waals surface area contributed by atoms with Gasteiger partial charge in [0.1, 0.15) is 18.6 Å². The zero-order valence-corrected chi connectivity index (χ0v) is 16.2. The topological polar surface area (TPSA) is 107 Å². The van der Waals surface area contributed by atoms with Gasteiger partial charge in [0.2, 0.25) is 23.6 Å². The van der Waals surface area contributed by atoms with Crippen LogP contribution >= 0.6 is 0 Å². The molecule has 146 valence electrons. The van der Waals surface area contributed by atoms with E-state index in [4.69, 9.17) is 0 Å². The van der Waals surface area contributed by atoms with Gasteiger partial charge in [-0.1, -0.05) is 13.8 Å². The molecule has 26 heavy (non-hydrogen) atoms. The van der Waals surface area contributed by atoms with Gasteiger partial charge in [0.25, 0.3) is 5.91 Å². The Kier molecular flexibility index (Phi) is 7.29. The van der Waals surface area contributed by atoms with E-state index in [-0.39, 0.29) is 18.4 Å². The lowest BCUT2D eigenvalue weighted by Gasteiger charge is -2.32. The first-order chi connectivity index (χ1) is 12.0. The number of nitrogens with zero attached hydrogens (tertiary/aromatic N) is 3. The summed E-state index contributed by atoms with van der Waals surface area (Å²) in [7, 11) is 2.91. The Morgan fingerprint density at radius 2 is 1.69 bits per heavy atom. The van der Waals surface area contributed by atoms with Crippen molar-refractivity contribution in [3.8, 4) is 0 Å². The number of hydrogen-bond acceptors (Lipinski definition) is 5. The van der Waals surface area contributed by atoms with Crippen molar-refractivity contribution in [2.45, 2.75) is 46.2 Å². The van der Waals surface area contributed by atoms with Crippen molar-refractivity contribution in [2.75, 3.05) is 27.2 Å². The van der Waals surface area contributed by atoms with Crippen molar-refractivity contribution in [2.24, 2.45) is 5.92 Å². The van der Waals surface area contributed by atoms with Crippen LogP contribution in [0.15, 0.2) is 0 Å². The Hall–Kier alpha value is -2.45. The Bertz CT molecular complexity index is 604. The number of imide groups is 1. The molecule has 0 saturated carbocycles. The Balaban J connectivity index is 3.24. The second-order valence-electron chi connectivity index (χ2n) is 7.07. The Morgan fingerprint density at radius 3 is 2.19 bits per heavy atom. The first kappa shape index (κ1) is 21.6. The van der Waals surface area contributed by atoms with Gasteiger partial charge >= 0.3 is 0 Å². The average molecular weight is 368 g/mol. The van der Waals surface area contributed by atoms with E-state index in [1.165, 1.54) is 37.7 Å². The van der Waals surface area contributed by atoms with Crippen LogP contribution in [0.4, 0.5) is 0 Å². The molecule has 9 nitrogen and oxygen atoms in total. The first-order valence-corrected chi connectivity index (χ1v) is 8.57. The van der Waals surface area contributed by atoms with Gasteiger partial charge in [-0.3, -0.25) is 28.9 Å². The van der Waals surface area contributed by atoms with Crippen molar-refractivity contribution in [1.82, 2.24) is 20.0 Å². The molecule has 1 aliphatic rings. The molecule has 5 amide bonds. The van der Waals surface area contributed by atoms with Crippen LogP contribution < -0.4 is 5.32 Å². The molecule has 0 aromatic rings. The summed E-state index contributed by atoms with van der Waals surface area (Å²) < 4.78 is 0. The van der Waals surface area contributed by atoms with Crippen molar-refractivity contribution in [3.63, 3.8) is 0 Å². The Labute approximate surface area is 153 Å². The van der Waals surface area contributed by atoms with E-state index in [0.29, 0.717) is 6.42 Å². The van der Waals surface area contributed by atoms with Crippen LogP contribution in [0.2, 0.25) is 0 Å². The van der Waals surface area contributed by atoms with Gasteiger partial charge in [-0.05, 0) is 19.3 Å². The maximum atomic E-state index is 12.6. The van der Waals surface area contributed by atoms with Crippen molar-refractivity contribution < 1.29 is 24.0 Å². The maximum Gasteiger partial charge on any atom is 0.252 e. The molecule has 1 saturated heterocycles. The molecule has 0 aromatic carbocycles. The van der Waals surface area contributed by atoms with Gasteiger partial charge in [0.05, 0.1) is 6.54 Å². The normalized spacial score (nSPS) is 23.7. The Morgan fingerprint density at radius 1 is 1.12 bits per heavy atom. The van der Waals surface area contributed by atoms with Crippen LogP contribution in [-0.4, -0.2) is 83.5 Å². The summed E-state index contributed by atoms with van der Waals surface area (Å²) in [4.78, 5) is 65.0.